The minimum absolute atomic E-state index is 0.00375. The highest BCUT2D eigenvalue weighted by atomic mass is 79.9. The number of aromatic nitrogens is 1. The van der Waals surface area contributed by atoms with Gasteiger partial charge in [-0.05, 0) is 6.07 Å². The molecule has 0 aliphatic heterocycles. The van der Waals surface area contributed by atoms with Gasteiger partial charge in [-0.2, -0.15) is 4.98 Å². The van der Waals surface area contributed by atoms with Gasteiger partial charge in [-0.25, -0.2) is 0 Å². The summed E-state index contributed by atoms with van der Waals surface area (Å²) in [6.07, 6.45) is 0. The van der Waals surface area contributed by atoms with E-state index in [9.17, 15) is 4.79 Å². The van der Waals surface area contributed by atoms with Crippen LogP contribution in [0.2, 0.25) is 0 Å². The van der Waals surface area contributed by atoms with Crippen molar-refractivity contribution in [2.75, 3.05) is 5.73 Å². The zero-order valence-electron chi connectivity index (χ0n) is 8.53. The normalized spacial score (nSPS) is 10.4. The van der Waals surface area contributed by atoms with Gasteiger partial charge in [-0.1, -0.05) is 34.1 Å². The number of carbonyl (C=O) groups excluding carboxylic acids is 1. The third-order valence-electron chi connectivity index (χ3n) is 2.09. The van der Waals surface area contributed by atoms with Gasteiger partial charge in [0.15, 0.2) is 11.5 Å². The van der Waals surface area contributed by atoms with E-state index in [1.165, 1.54) is 6.92 Å². The molecule has 0 aliphatic carbocycles. The van der Waals surface area contributed by atoms with Gasteiger partial charge < -0.3 is 10.2 Å². The number of anilines is 1. The number of halogens is 1. The van der Waals surface area contributed by atoms with Gasteiger partial charge >= 0.3 is 0 Å². The Kier molecular flexibility index (Phi) is 2.78. The molecule has 16 heavy (non-hydrogen) atoms. The monoisotopic (exact) mass is 280 g/mol. The van der Waals surface area contributed by atoms with Gasteiger partial charge in [0, 0.05) is 17.0 Å². The first kappa shape index (κ1) is 10.9. The number of ketones is 1. The second kappa shape index (κ2) is 4.09. The van der Waals surface area contributed by atoms with Crippen molar-refractivity contribution in [3.8, 4) is 11.3 Å². The lowest BCUT2D eigenvalue weighted by Gasteiger charge is -2.00. The Bertz CT molecular complexity index is 549. The lowest BCUT2D eigenvalue weighted by Crippen LogP contribution is -1.93. The molecule has 2 rings (SSSR count). The zero-order chi connectivity index (χ0) is 11.7. The second-order valence-electron chi connectivity index (χ2n) is 3.27. The van der Waals surface area contributed by atoms with Gasteiger partial charge in [-0.15, -0.1) is 0 Å². The van der Waals surface area contributed by atoms with Crippen LogP contribution in [0.3, 0.4) is 0 Å². The van der Waals surface area contributed by atoms with Crippen molar-refractivity contribution in [1.29, 1.82) is 0 Å². The van der Waals surface area contributed by atoms with E-state index < -0.39 is 0 Å². The van der Waals surface area contributed by atoms with E-state index in [4.69, 9.17) is 10.2 Å². The van der Waals surface area contributed by atoms with Crippen LogP contribution in [-0.4, -0.2) is 10.8 Å². The fourth-order valence-electron chi connectivity index (χ4n) is 1.41. The minimum Gasteiger partial charge on any atom is -0.420 e. The van der Waals surface area contributed by atoms with Crippen molar-refractivity contribution in [3.63, 3.8) is 0 Å². The van der Waals surface area contributed by atoms with Crippen molar-refractivity contribution < 1.29 is 9.21 Å². The third-order valence-corrected chi connectivity index (χ3v) is 2.78. The summed E-state index contributed by atoms with van der Waals surface area (Å²) in [5.74, 6) is -0.0145. The van der Waals surface area contributed by atoms with Crippen LogP contribution in [0.15, 0.2) is 33.2 Å². The number of hydrogen-bond donors (Lipinski definition) is 1. The zero-order valence-corrected chi connectivity index (χ0v) is 10.1. The Balaban J connectivity index is 2.64. The lowest BCUT2D eigenvalue weighted by molar-refractivity contribution is 0.0989. The minimum atomic E-state index is -0.199. The van der Waals surface area contributed by atoms with Crippen molar-refractivity contribution in [2.45, 2.75) is 6.92 Å². The summed E-state index contributed by atoms with van der Waals surface area (Å²) < 4.78 is 5.92. The summed E-state index contributed by atoms with van der Waals surface area (Å²) in [5, 5.41) is 0. The number of benzene rings is 1. The highest BCUT2D eigenvalue weighted by molar-refractivity contribution is 9.10. The van der Waals surface area contributed by atoms with E-state index in [0.717, 1.165) is 10.0 Å². The molecule has 2 N–H and O–H groups in total. The van der Waals surface area contributed by atoms with E-state index in [2.05, 4.69) is 20.9 Å². The fourth-order valence-corrected chi connectivity index (χ4v) is 1.88. The molecule has 0 saturated carbocycles. The van der Waals surface area contributed by atoms with Crippen LogP contribution in [-0.2, 0) is 0 Å². The summed E-state index contributed by atoms with van der Waals surface area (Å²) in [6, 6.07) is 7.44. The maximum absolute atomic E-state index is 11.4. The molecule has 0 bridgehead atoms. The molecule has 5 heteroatoms. The average molecular weight is 281 g/mol. The van der Waals surface area contributed by atoms with E-state index in [0.29, 0.717) is 5.69 Å². The third kappa shape index (κ3) is 1.86. The van der Waals surface area contributed by atoms with Crippen molar-refractivity contribution in [3.05, 3.63) is 34.5 Å². The molecule has 0 radical (unpaired) electrons. The summed E-state index contributed by atoms with van der Waals surface area (Å²) in [7, 11) is 0. The maximum Gasteiger partial charge on any atom is 0.293 e. The highest BCUT2D eigenvalue weighted by Gasteiger charge is 2.18. The topological polar surface area (TPSA) is 69.1 Å². The van der Waals surface area contributed by atoms with E-state index in [1.807, 2.05) is 24.3 Å². The van der Waals surface area contributed by atoms with Crippen LogP contribution >= 0.6 is 15.9 Å². The number of nitrogens with two attached hydrogens (primary N) is 1. The molecule has 0 atom stereocenters. The first-order valence-corrected chi connectivity index (χ1v) is 5.41. The molecular formula is C11H9BrN2O2. The van der Waals surface area contributed by atoms with Crippen LogP contribution in [0.25, 0.3) is 11.3 Å². The number of oxazole rings is 1. The molecule has 4 nitrogen and oxygen atoms in total. The van der Waals surface area contributed by atoms with Gasteiger partial charge in [0.25, 0.3) is 6.01 Å². The first-order chi connectivity index (χ1) is 7.59. The Labute approximate surface area is 101 Å². The molecule has 0 unspecified atom stereocenters. The number of Topliss-reactive ketones (excluding diaryl/α,β-unsaturated/α-hetero) is 1. The molecule has 1 heterocycles. The molecule has 82 valence electrons. The number of nitrogens with zero attached hydrogens (tertiary/aromatic N) is 1. The first-order valence-electron chi connectivity index (χ1n) is 4.61. The number of rotatable bonds is 2. The van der Waals surface area contributed by atoms with Gasteiger partial charge in [0.2, 0.25) is 0 Å². The van der Waals surface area contributed by atoms with Crippen LogP contribution in [0, 0.1) is 0 Å². The Morgan fingerprint density at radius 2 is 2.12 bits per heavy atom. The molecule has 0 fully saturated rings. The lowest BCUT2D eigenvalue weighted by atomic mass is 10.1. The fraction of sp³-hybridized carbons (Fsp3) is 0.0909. The van der Waals surface area contributed by atoms with Crippen molar-refractivity contribution in [1.82, 2.24) is 4.98 Å². The Morgan fingerprint density at radius 1 is 1.44 bits per heavy atom. The predicted octanol–water partition coefficient (Wildman–Crippen LogP) is 2.89. The molecule has 1 aromatic carbocycles. The Hall–Kier alpha value is -1.62. The van der Waals surface area contributed by atoms with Crippen molar-refractivity contribution >= 4 is 27.7 Å². The number of carbonyl (C=O) groups is 1. The van der Waals surface area contributed by atoms with Crippen molar-refractivity contribution in [2.24, 2.45) is 0 Å². The standard InChI is InChI=1S/C11H9BrN2O2/c1-6(15)10-9(14-11(13)16-10)7-4-2-3-5-8(7)12/h2-5H,1H3,(H2,13,14). The van der Waals surface area contributed by atoms with Crippen LogP contribution in [0.4, 0.5) is 6.01 Å². The van der Waals surface area contributed by atoms with Gasteiger partial charge in [0.1, 0.15) is 5.69 Å². The molecule has 0 saturated heterocycles. The summed E-state index contributed by atoms with van der Waals surface area (Å²) in [4.78, 5) is 15.4. The quantitative estimate of drug-likeness (QED) is 0.859. The molecular weight excluding hydrogens is 272 g/mol. The SMILES string of the molecule is CC(=O)c1oc(N)nc1-c1ccccc1Br. The summed E-state index contributed by atoms with van der Waals surface area (Å²) in [5.41, 5.74) is 6.71. The second-order valence-corrected chi connectivity index (χ2v) is 4.12. The van der Waals surface area contributed by atoms with E-state index >= 15 is 0 Å². The van der Waals surface area contributed by atoms with Crippen LogP contribution < -0.4 is 5.73 Å². The van der Waals surface area contributed by atoms with Crippen LogP contribution in [0.1, 0.15) is 17.5 Å². The molecule has 0 aliphatic rings. The van der Waals surface area contributed by atoms with E-state index in [1.54, 1.807) is 0 Å². The molecule has 0 spiro atoms. The summed E-state index contributed by atoms with van der Waals surface area (Å²) >= 11 is 3.39. The largest absolute Gasteiger partial charge is 0.420 e. The average Bonchev–Trinajstić information content (AvgIpc) is 2.61. The Morgan fingerprint density at radius 3 is 2.75 bits per heavy atom. The summed E-state index contributed by atoms with van der Waals surface area (Å²) in [6.45, 7) is 1.42. The van der Waals surface area contributed by atoms with E-state index in [-0.39, 0.29) is 17.6 Å². The molecule has 1 aromatic heterocycles. The molecule has 0 amide bonds. The highest BCUT2D eigenvalue weighted by Crippen LogP contribution is 2.31. The number of nitrogen functional groups attached to an aromatic ring is 1. The smallest absolute Gasteiger partial charge is 0.293 e. The molecule has 2 aromatic rings. The van der Waals surface area contributed by atoms with Gasteiger partial charge in [0.05, 0.1) is 0 Å². The van der Waals surface area contributed by atoms with Gasteiger partial charge in [-0.3, -0.25) is 4.79 Å². The maximum atomic E-state index is 11.4. The predicted molar refractivity (Wildman–Crippen MR) is 64.1 cm³/mol. The van der Waals surface area contributed by atoms with Crippen LogP contribution in [0.5, 0.6) is 0 Å². The number of hydrogen-bond acceptors (Lipinski definition) is 4.